The Balaban J connectivity index is 2.42. The van der Waals surface area contributed by atoms with E-state index in [1.54, 1.807) is 42.5 Å². The lowest BCUT2D eigenvalue weighted by Gasteiger charge is -2.18. The smallest absolute Gasteiger partial charge is 0.251 e. The molecule has 1 aromatic heterocycles. The van der Waals surface area contributed by atoms with Crippen molar-refractivity contribution in [2.45, 2.75) is 19.4 Å². The first kappa shape index (κ1) is 15.7. The molecule has 5 nitrogen and oxygen atoms in total. The average Bonchev–Trinajstić information content (AvgIpc) is 2.55. The van der Waals surface area contributed by atoms with Crippen LogP contribution in [0.15, 0.2) is 59.5 Å². The second-order valence-electron chi connectivity index (χ2n) is 4.87. The third-order valence-corrected chi connectivity index (χ3v) is 3.23. The number of amides is 1. The second kappa shape index (κ2) is 7.36. The van der Waals surface area contributed by atoms with Gasteiger partial charge in [0.05, 0.1) is 0 Å². The Hall–Kier alpha value is -2.69. The van der Waals surface area contributed by atoms with Gasteiger partial charge in [0.25, 0.3) is 11.5 Å². The van der Waals surface area contributed by atoms with Gasteiger partial charge in [0, 0.05) is 24.4 Å². The Bertz CT molecular complexity index is 707. The number of ketones is 1. The van der Waals surface area contributed by atoms with Crippen LogP contribution in [0.5, 0.6) is 0 Å². The fraction of sp³-hybridized carbons (Fsp3) is 0.235. The van der Waals surface area contributed by atoms with Crippen LogP contribution < -0.4 is 10.9 Å². The van der Waals surface area contributed by atoms with Crippen LogP contribution in [0.25, 0.3) is 0 Å². The van der Waals surface area contributed by atoms with Crippen molar-refractivity contribution in [3.8, 4) is 0 Å². The zero-order valence-electron chi connectivity index (χ0n) is 12.4. The van der Waals surface area contributed by atoms with Crippen molar-refractivity contribution < 1.29 is 9.59 Å². The zero-order chi connectivity index (χ0) is 15.9. The average molecular weight is 298 g/mol. The predicted molar refractivity (Wildman–Crippen MR) is 83.8 cm³/mol. The van der Waals surface area contributed by atoms with Gasteiger partial charge in [-0.25, -0.2) is 0 Å². The van der Waals surface area contributed by atoms with Crippen molar-refractivity contribution >= 4 is 11.7 Å². The molecule has 0 aliphatic heterocycles. The highest BCUT2D eigenvalue weighted by Gasteiger charge is 2.29. The SMILES string of the molecule is CCCNC(=O)C(C(=O)c1ccccc1)n1ccccc1=O. The monoisotopic (exact) mass is 298 g/mol. The van der Waals surface area contributed by atoms with Gasteiger partial charge in [0.1, 0.15) is 0 Å². The van der Waals surface area contributed by atoms with Crippen molar-refractivity contribution in [3.63, 3.8) is 0 Å². The first-order valence-electron chi connectivity index (χ1n) is 7.19. The zero-order valence-corrected chi connectivity index (χ0v) is 12.4. The summed E-state index contributed by atoms with van der Waals surface area (Å²) in [6.07, 6.45) is 2.21. The summed E-state index contributed by atoms with van der Waals surface area (Å²) in [6, 6.07) is 11.8. The Morgan fingerprint density at radius 3 is 2.41 bits per heavy atom. The van der Waals surface area contributed by atoms with Crippen LogP contribution >= 0.6 is 0 Å². The molecule has 2 rings (SSSR count). The summed E-state index contributed by atoms with van der Waals surface area (Å²) < 4.78 is 1.17. The minimum atomic E-state index is -1.19. The molecule has 0 aliphatic carbocycles. The maximum absolute atomic E-state index is 12.7. The van der Waals surface area contributed by atoms with Crippen molar-refractivity contribution in [2.24, 2.45) is 0 Å². The van der Waals surface area contributed by atoms with E-state index in [1.807, 2.05) is 6.92 Å². The van der Waals surface area contributed by atoms with E-state index >= 15 is 0 Å². The van der Waals surface area contributed by atoms with Gasteiger partial charge in [0.15, 0.2) is 11.8 Å². The molecule has 1 unspecified atom stereocenters. The third-order valence-electron chi connectivity index (χ3n) is 3.23. The molecule has 0 saturated heterocycles. The number of rotatable bonds is 6. The van der Waals surface area contributed by atoms with E-state index < -0.39 is 17.7 Å². The Morgan fingerprint density at radius 2 is 1.77 bits per heavy atom. The first-order valence-corrected chi connectivity index (χ1v) is 7.19. The molecule has 1 atom stereocenters. The van der Waals surface area contributed by atoms with Crippen molar-refractivity contribution in [1.29, 1.82) is 0 Å². The summed E-state index contributed by atoms with van der Waals surface area (Å²) in [5, 5.41) is 2.69. The topological polar surface area (TPSA) is 68.2 Å². The van der Waals surface area contributed by atoms with E-state index in [2.05, 4.69) is 5.32 Å². The maximum atomic E-state index is 12.7. The van der Waals surface area contributed by atoms with Gasteiger partial charge in [-0.2, -0.15) is 0 Å². The molecular weight excluding hydrogens is 280 g/mol. The van der Waals surface area contributed by atoms with Gasteiger partial charge < -0.3 is 5.32 Å². The van der Waals surface area contributed by atoms with Crippen LogP contribution in [-0.2, 0) is 4.79 Å². The highest BCUT2D eigenvalue weighted by Crippen LogP contribution is 2.13. The number of Topliss-reactive ketones (excluding diaryl/α,β-unsaturated/α-hetero) is 1. The van der Waals surface area contributed by atoms with E-state index in [1.165, 1.54) is 16.8 Å². The predicted octanol–water partition coefficient (Wildman–Crippen LogP) is 1.80. The molecule has 1 amide bonds. The molecule has 0 bridgehead atoms. The number of benzene rings is 1. The molecule has 22 heavy (non-hydrogen) atoms. The van der Waals surface area contributed by atoms with Crippen LogP contribution in [0.2, 0.25) is 0 Å². The molecular formula is C17H18N2O3. The summed E-state index contributed by atoms with van der Waals surface area (Å²) in [4.78, 5) is 37.1. The highest BCUT2D eigenvalue weighted by molar-refractivity contribution is 6.11. The van der Waals surface area contributed by atoms with Gasteiger partial charge in [0.2, 0.25) is 0 Å². The molecule has 0 radical (unpaired) electrons. The van der Waals surface area contributed by atoms with E-state index in [4.69, 9.17) is 0 Å². The molecule has 1 N–H and O–H groups in total. The fourth-order valence-electron chi connectivity index (χ4n) is 2.13. The van der Waals surface area contributed by atoms with E-state index in [-0.39, 0.29) is 5.56 Å². The molecule has 2 aromatic rings. The number of carbonyl (C=O) groups excluding carboxylic acids is 2. The number of hydrogen-bond donors (Lipinski definition) is 1. The molecule has 114 valence electrons. The number of carbonyl (C=O) groups is 2. The second-order valence-corrected chi connectivity index (χ2v) is 4.87. The van der Waals surface area contributed by atoms with Crippen LogP contribution in [-0.4, -0.2) is 22.8 Å². The lowest BCUT2D eigenvalue weighted by atomic mass is 10.0. The maximum Gasteiger partial charge on any atom is 0.251 e. The van der Waals surface area contributed by atoms with Crippen molar-refractivity contribution in [2.75, 3.05) is 6.54 Å². The number of aromatic nitrogens is 1. The molecule has 0 fully saturated rings. The Labute approximate surface area is 128 Å². The van der Waals surface area contributed by atoms with Crippen LogP contribution in [0.1, 0.15) is 29.7 Å². The molecule has 5 heteroatoms. The molecule has 1 aromatic carbocycles. The fourth-order valence-corrected chi connectivity index (χ4v) is 2.13. The van der Waals surface area contributed by atoms with E-state index in [0.717, 1.165) is 6.42 Å². The molecule has 0 aliphatic rings. The summed E-state index contributed by atoms with van der Waals surface area (Å²) in [5.41, 5.74) is 0.0123. The molecule has 0 spiro atoms. The molecule has 0 saturated carbocycles. The van der Waals surface area contributed by atoms with Crippen LogP contribution in [0.3, 0.4) is 0 Å². The van der Waals surface area contributed by atoms with Gasteiger partial charge in [-0.1, -0.05) is 43.3 Å². The number of nitrogens with zero attached hydrogens (tertiary/aromatic N) is 1. The minimum absolute atomic E-state index is 0.386. The van der Waals surface area contributed by atoms with Crippen LogP contribution in [0, 0.1) is 0 Å². The number of hydrogen-bond acceptors (Lipinski definition) is 3. The third kappa shape index (κ3) is 3.49. The van der Waals surface area contributed by atoms with E-state index in [9.17, 15) is 14.4 Å². The first-order chi connectivity index (χ1) is 10.6. The van der Waals surface area contributed by atoms with Gasteiger partial charge in [-0.05, 0) is 12.5 Å². The van der Waals surface area contributed by atoms with Crippen LogP contribution in [0.4, 0.5) is 0 Å². The molecule has 1 heterocycles. The summed E-state index contributed by atoms with van der Waals surface area (Å²) in [5.74, 6) is -0.869. The van der Waals surface area contributed by atoms with Crippen molar-refractivity contribution in [3.05, 3.63) is 70.6 Å². The van der Waals surface area contributed by atoms with Gasteiger partial charge >= 0.3 is 0 Å². The number of nitrogens with one attached hydrogen (secondary N) is 1. The highest BCUT2D eigenvalue weighted by atomic mass is 16.2. The van der Waals surface area contributed by atoms with Crippen molar-refractivity contribution in [1.82, 2.24) is 9.88 Å². The summed E-state index contributed by atoms with van der Waals surface area (Å²) >= 11 is 0. The largest absolute Gasteiger partial charge is 0.354 e. The normalized spacial score (nSPS) is 11.7. The van der Waals surface area contributed by atoms with E-state index in [0.29, 0.717) is 12.1 Å². The Morgan fingerprint density at radius 1 is 1.09 bits per heavy atom. The lowest BCUT2D eigenvalue weighted by Crippen LogP contribution is -2.41. The van der Waals surface area contributed by atoms with Gasteiger partial charge in [-0.15, -0.1) is 0 Å². The lowest BCUT2D eigenvalue weighted by molar-refractivity contribution is -0.123. The quantitative estimate of drug-likeness (QED) is 0.653. The Kier molecular flexibility index (Phi) is 5.25. The summed E-state index contributed by atoms with van der Waals surface area (Å²) in [6.45, 7) is 2.38. The summed E-state index contributed by atoms with van der Waals surface area (Å²) in [7, 11) is 0. The standard InChI is InChI=1S/C17H18N2O3/c1-2-11-18-17(22)15(19-12-7-6-10-14(19)20)16(21)13-8-4-3-5-9-13/h3-10,12,15H,2,11H2,1H3,(H,18,22). The minimum Gasteiger partial charge on any atom is -0.354 e. The van der Waals surface area contributed by atoms with Gasteiger partial charge in [-0.3, -0.25) is 19.0 Å². The number of pyridine rings is 1.